The average Bonchev–Trinajstić information content (AvgIpc) is 3.10. The largest absolute Gasteiger partial charge is 0.488 e. The molecule has 0 saturated carbocycles. The van der Waals surface area contributed by atoms with Crippen LogP contribution in [0.2, 0.25) is 5.02 Å². The lowest BCUT2D eigenvalue weighted by molar-refractivity contribution is -0.0165. The summed E-state index contributed by atoms with van der Waals surface area (Å²) in [7, 11) is 0. The van der Waals surface area contributed by atoms with E-state index >= 15 is 0 Å². The van der Waals surface area contributed by atoms with Crippen LogP contribution in [0.1, 0.15) is 32.6 Å². The molecule has 3 aromatic rings. The van der Waals surface area contributed by atoms with Gasteiger partial charge in [-0.2, -0.15) is 0 Å². The van der Waals surface area contributed by atoms with Crippen LogP contribution in [0.25, 0.3) is 6.08 Å². The second kappa shape index (κ2) is 8.62. The summed E-state index contributed by atoms with van der Waals surface area (Å²) in [5.74, 6) is 1.90. The minimum Gasteiger partial charge on any atom is -0.488 e. The van der Waals surface area contributed by atoms with Crippen molar-refractivity contribution in [1.82, 2.24) is 0 Å². The molecule has 0 atom stereocenters. The highest BCUT2D eigenvalue weighted by atomic mass is 79.9. The summed E-state index contributed by atoms with van der Waals surface area (Å²) < 4.78 is 23.9. The summed E-state index contributed by atoms with van der Waals surface area (Å²) in [5.41, 5.74) is 3.81. The summed E-state index contributed by atoms with van der Waals surface area (Å²) in [6, 6.07) is 14.9. The van der Waals surface area contributed by atoms with Crippen LogP contribution >= 0.6 is 27.5 Å². The SMILES string of the molecule is Cc1c(OCc2ccccc2Cl)ccc2c1O/C(=C\c1cc(Br)cc3c1OCOC3)C2=O. The number of Topliss-reactive ketones (excluding diaryl/α,β-unsaturated/α-hetero) is 1. The van der Waals surface area contributed by atoms with Crippen LogP contribution in [0.15, 0.2) is 58.8 Å². The summed E-state index contributed by atoms with van der Waals surface area (Å²) >= 11 is 9.73. The van der Waals surface area contributed by atoms with Crippen molar-refractivity contribution in [2.75, 3.05) is 6.79 Å². The maximum atomic E-state index is 13.0. The Morgan fingerprint density at radius 3 is 2.84 bits per heavy atom. The monoisotopic (exact) mass is 512 g/mol. The van der Waals surface area contributed by atoms with Gasteiger partial charge in [-0.3, -0.25) is 4.79 Å². The van der Waals surface area contributed by atoms with Gasteiger partial charge in [0.25, 0.3) is 0 Å². The molecule has 2 aliphatic heterocycles. The Hall–Kier alpha value is -2.80. The number of ether oxygens (including phenoxy) is 4. The lowest BCUT2D eigenvalue weighted by Gasteiger charge is -2.20. The second-order valence-electron chi connectivity index (χ2n) is 7.48. The van der Waals surface area contributed by atoms with Crippen molar-refractivity contribution >= 4 is 39.4 Å². The fraction of sp³-hybridized carbons (Fsp3) is 0.160. The molecule has 0 amide bonds. The molecule has 0 saturated heterocycles. The zero-order chi connectivity index (χ0) is 22.2. The van der Waals surface area contributed by atoms with E-state index in [-0.39, 0.29) is 18.3 Å². The molecule has 32 heavy (non-hydrogen) atoms. The fourth-order valence-electron chi connectivity index (χ4n) is 3.75. The Kier molecular flexibility index (Phi) is 5.67. The maximum Gasteiger partial charge on any atom is 0.231 e. The Bertz CT molecular complexity index is 1270. The van der Waals surface area contributed by atoms with Crippen LogP contribution in [0.3, 0.4) is 0 Å². The predicted molar refractivity (Wildman–Crippen MR) is 124 cm³/mol. The standard InChI is InChI=1S/C25H18BrClO5/c1-14-21(30-12-15-4-2-3-5-20(15)27)7-6-19-23(28)22(32-24(14)19)10-16-8-18(26)9-17-11-29-13-31-25(16)17/h2-10H,11-13H2,1H3/b22-10-. The van der Waals surface area contributed by atoms with Gasteiger partial charge in [-0.05, 0) is 43.3 Å². The third kappa shape index (κ3) is 3.90. The van der Waals surface area contributed by atoms with E-state index in [1.807, 2.05) is 43.3 Å². The van der Waals surface area contributed by atoms with Crippen LogP contribution in [0, 0.1) is 6.92 Å². The second-order valence-corrected chi connectivity index (χ2v) is 8.80. The molecule has 0 fully saturated rings. The molecular formula is C25H18BrClO5. The highest BCUT2D eigenvalue weighted by molar-refractivity contribution is 9.10. The molecule has 0 unspecified atom stereocenters. The van der Waals surface area contributed by atoms with Gasteiger partial charge in [-0.1, -0.05) is 45.7 Å². The van der Waals surface area contributed by atoms with Gasteiger partial charge in [0.15, 0.2) is 12.6 Å². The van der Waals surface area contributed by atoms with Crippen LogP contribution in [0.4, 0.5) is 0 Å². The van der Waals surface area contributed by atoms with Gasteiger partial charge < -0.3 is 18.9 Å². The third-order valence-corrected chi connectivity index (χ3v) is 6.19. The molecule has 0 N–H and O–H groups in total. The van der Waals surface area contributed by atoms with Gasteiger partial charge in [0.05, 0.1) is 12.2 Å². The minimum absolute atomic E-state index is 0.172. The van der Waals surface area contributed by atoms with Crippen molar-refractivity contribution < 1.29 is 23.7 Å². The highest BCUT2D eigenvalue weighted by Gasteiger charge is 2.31. The summed E-state index contributed by atoms with van der Waals surface area (Å²) in [4.78, 5) is 13.0. The van der Waals surface area contributed by atoms with Crippen LogP contribution in [0.5, 0.6) is 17.2 Å². The Morgan fingerprint density at radius 1 is 1.16 bits per heavy atom. The molecule has 0 spiro atoms. The number of allylic oxidation sites excluding steroid dienone is 1. The number of carbonyl (C=O) groups excluding carboxylic acids is 1. The third-order valence-electron chi connectivity index (χ3n) is 5.37. The molecule has 7 heteroatoms. The Balaban J connectivity index is 1.43. The Labute approximate surface area is 198 Å². The van der Waals surface area contributed by atoms with Gasteiger partial charge in [0.2, 0.25) is 5.78 Å². The van der Waals surface area contributed by atoms with Crippen LogP contribution in [-0.2, 0) is 18.0 Å². The number of benzene rings is 3. The van der Waals surface area contributed by atoms with Crippen LogP contribution < -0.4 is 14.2 Å². The van der Waals surface area contributed by atoms with Crippen molar-refractivity contribution in [3.05, 3.63) is 91.6 Å². The van der Waals surface area contributed by atoms with Crippen molar-refractivity contribution in [1.29, 1.82) is 0 Å². The molecule has 0 aliphatic carbocycles. The topological polar surface area (TPSA) is 54.0 Å². The average molecular weight is 514 g/mol. The number of ketones is 1. The highest BCUT2D eigenvalue weighted by Crippen LogP contribution is 2.41. The number of rotatable bonds is 4. The molecule has 2 heterocycles. The molecule has 0 radical (unpaired) electrons. The zero-order valence-electron chi connectivity index (χ0n) is 17.1. The first-order chi connectivity index (χ1) is 15.5. The first-order valence-corrected chi connectivity index (χ1v) is 11.2. The molecule has 3 aromatic carbocycles. The van der Waals surface area contributed by atoms with Crippen molar-refractivity contribution in [3.63, 3.8) is 0 Å². The number of halogens is 2. The summed E-state index contributed by atoms with van der Waals surface area (Å²) in [5, 5.41) is 0.646. The van der Waals surface area contributed by atoms with E-state index in [4.69, 9.17) is 30.5 Å². The number of hydrogen-bond acceptors (Lipinski definition) is 5. The van der Waals surface area contributed by atoms with Crippen LogP contribution in [-0.4, -0.2) is 12.6 Å². The van der Waals surface area contributed by atoms with Gasteiger partial charge in [0.1, 0.15) is 23.9 Å². The predicted octanol–water partition coefficient (Wildman–Crippen LogP) is 6.47. The zero-order valence-corrected chi connectivity index (χ0v) is 19.5. The van der Waals surface area contributed by atoms with E-state index in [2.05, 4.69) is 15.9 Å². The summed E-state index contributed by atoms with van der Waals surface area (Å²) in [6.07, 6.45) is 1.71. The smallest absolute Gasteiger partial charge is 0.231 e. The van der Waals surface area contributed by atoms with E-state index in [1.54, 1.807) is 18.2 Å². The van der Waals surface area contributed by atoms with E-state index in [0.29, 0.717) is 41.0 Å². The molecule has 2 aliphatic rings. The van der Waals surface area contributed by atoms with E-state index in [9.17, 15) is 4.79 Å². The van der Waals surface area contributed by atoms with Gasteiger partial charge in [0, 0.05) is 31.7 Å². The van der Waals surface area contributed by atoms with Crippen molar-refractivity contribution in [3.8, 4) is 17.2 Å². The quantitative estimate of drug-likeness (QED) is 0.374. The molecule has 0 aromatic heterocycles. The maximum absolute atomic E-state index is 13.0. The van der Waals surface area contributed by atoms with Gasteiger partial charge in [-0.15, -0.1) is 0 Å². The fourth-order valence-corrected chi connectivity index (χ4v) is 4.47. The van der Waals surface area contributed by atoms with Gasteiger partial charge in [-0.25, -0.2) is 0 Å². The normalized spacial score (nSPS) is 15.7. The lowest BCUT2D eigenvalue weighted by atomic mass is 10.0. The molecular weight excluding hydrogens is 496 g/mol. The number of carbonyl (C=O) groups is 1. The Morgan fingerprint density at radius 2 is 2.00 bits per heavy atom. The number of hydrogen-bond donors (Lipinski definition) is 0. The summed E-state index contributed by atoms with van der Waals surface area (Å²) in [6.45, 7) is 2.81. The van der Waals surface area contributed by atoms with E-state index in [1.165, 1.54) is 0 Å². The lowest BCUT2D eigenvalue weighted by Crippen LogP contribution is -2.12. The van der Waals surface area contributed by atoms with E-state index in [0.717, 1.165) is 26.7 Å². The number of fused-ring (bicyclic) bond motifs is 2. The molecule has 5 rings (SSSR count). The van der Waals surface area contributed by atoms with Crippen molar-refractivity contribution in [2.45, 2.75) is 20.1 Å². The molecule has 162 valence electrons. The first kappa shape index (κ1) is 21.1. The minimum atomic E-state index is -0.179. The van der Waals surface area contributed by atoms with E-state index < -0.39 is 0 Å². The molecule has 0 bridgehead atoms. The molecule has 5 nitrogen and oxygen atoms in total. The first-order valence-electron chi connectivity index (χ1n) is 9.98. The van der Waals surface area contributed by atoms with Crippen molar-refractivity contribution in [2.24, 2.45) is 0 Å². The van der Waals surface area contributed by atoms with Gasteiger partial charge >= 0.3 is 0 Å².